The molecule has 4 rings (SSSR count). The molecule has 1 fully saturated rings. The van der Waals surface area contributed by atoms with Gasteiger partial charge in [0, 0.05) is 31.6 Å². The molecule has 1 aromatic heterocycles. The van der Waals surface area contributed by atoms with Crippen molar-refractivity contribution in [2.75, 3.05) is 18.0 Å². The molecule has 0 unspecified atom stereocenters. The number of carbonyl (C=O) groups is 2. The summed E-state index contributed by atoms with van der Waals surface area (Å²) >= 11 is 1.67. The Balaban J connectivity index is 1.27. The molecule has 6 heteroatoms. The van der Waals surface area contributed by atoms with Gasteiger partial charge >= 0.3 is 0 Å². The molecule has 1 saturated heterocycles. The van der Waals surface area contributed by atoms with Crippen LogP contribution < -0.4 is 10.2 Å². The predicted octanol–water partition coefficient (Wildman–Crippen LogP) is 3.32. The molecular weight excluding hydrogens is 358 g/mol. The standard InChI is InChI=1S/C21H21N3O2S/c25-19(22-12-11-20-23-17-4-1-2-5-18(17)27-20)14-15-7-9-16(10-8-15)24-13-3-6-21(24)26/h1-2,4-5,7-10H,3,6,11-14H2,(H,22,25). The van der Waals surface area contributed by atoms with Crippen LogP contribution in [0.5, 0.6) is 0 Å². The number of fused-ring (bicyclic) bond motifs is 1. The van der Waals surface area contributed by atoms with Gasteiger partial charge in [0.25, 0.3) is 0 Å². The van der Waals surface area contributed by atoms with E-state index in [1.165, 1.54) is 4.70 Å². The molecule has 2 heterocycles. The lowest BCUT2D eigenvalue weighted by Crippen LogP contribution is -2.27. The normalized spacial score (nSPS) is 14.1. The van der Waals surface area contributed by atoms with Gasteiger partial charge in [0.05, 0.1) is 21.6 Å². The second-order valence-corrected chi connectivity index (χ2v) is 7.78. The summed E-state index contributed by atoms with van der Waals surface area (Å²) in [6, 6.07) is 15.8. The molecule has 0 atom stereocenters. The smallest absolute Gasteiger partial charge is 0.227 e. The van der Waals surface area contributed by atoms with Gasteiger partial charge in [-0.25, -0.2) is 4.98 Å². The highest BCUT2D eigenvalue weighted by Crippen LogP contribution is 2.22. The van der Waals surface area contributed by atoms with E-state index in [2.05, 4.69) is 16.4 Å². The van der Waals surface area contributed by atoms with Crippen molar-refractivity contribution in [1.82, 2.24) is 10.3 Å². The molecule has 1 aliphatic rings. The summed E-state index contributed by atoms with van der Waals surface area (Å²) in [7, 11) is 0. The molecule has 1 N–H and O–H groups in total. The molecule has 2 aromatic carbocycles. The molecule has 0 aliphatic carbocycles. The molecule has 0 radical (unpaired) electrons. The number of nitrogens with one attached hydrogen (secondary N) is 1. The van der Waals surface area contributed by atoms with E-state index in [1.54, 1.807) is 11.3 Å². The summed E-state index contributed by atoms with van der Waals surface area (Å²) in [4.78, 5) is 30.4. The lowest BCUT2D eigenvalue weighted by molar-refractivity contribution is -0.120. The highest BCUT2D eigenvalue weighted by atomic mass is 32.1. The zero-order valence-electron chi connectivity index (χ0n) is 15.0. The minimum atomic E-state index is 0.00103. The Bertz CT molecular complexity index is 932. The maximum absolute atomic E-state index is 12.2. The predicted molar refractivity (Wildman–Crippen MR) is 108 cm³/mol. The van der Waals surface area contributed by atoms with E-state index in [-0.39, 0.29) is 11.8 Å². The molecule has 0 spiro atoms. The van der Waals surface area contributed by atoms with E-state index >= 15 is 0 Å². The first-order valence-corrected chi connectivity index (χ1v) is 10.0. The van der Waals surface area contributed by atoms with E-state index < -0.39 is 0 Å². The zero-order chi connectivity index (χ0) is 18.6. The topological polar surface area (TPSA) is 62.3 Å². The van der Waals surface area contributed by atoms with Crippen LogP contribution in [-0.2, 0) is 22.4 Å². The van der Waals surface area contributed by atoms with Gasteiger partial charge in [0.15, 0.2) is 0 Å². The Morgan fingerprint density at radius 1 is 1.15 bits per heavy atom. The number of anilines is 1. The zero-order valence-corrected chi connectivity index (χ0v) is 15.8. The first-order valence-electron chi connectivity index (χ1n) is 9.19. The average molecular weight is 379 g/mol. The first-order chi connectivity index (χ1) is 13.2. The number of benzene rings is 2. The average Bonchev–Trinajstić information content (AvgIpc) is 3.28. The number of carbonyl (C=O) groups excluding carboxylic acids is 2. The van der Waals surface area contributed by atoms with Gasteiger partial charge < -0.3 is 10.2 Å². The lowest BCUT2D eigenvalue weighted by atomic mass is 10.1. The highest BCUT2D eigenvalue weighted by Gasteiger charge is 2.21. The molecule has 1 aliphatic heterocycles. The number of rotatable bonds is 6. The van der Waals surface area contributed by atoms with Gasteiger partial charge in [-0.1, -0.05) is 24.3 Å². The number of hydrogen-bond acceptors (Lipinski definition) is 4. The summed E-state index contributed by atoms with van der Waals surface area (Å²) in [6.07, 6.45) is 2.62. The van der Waals surface area contributed by atoms with Crippen molar-refractivity contribution >= 4 is 39.1 Å². The van der Waals surface area contributed by atoms with Gasteiger partial charge in [-0.2, -0.15) is 0 Å². The van der Waals surface area contributed by atoms with Gasteiger partial charge in [-0.05, 0) is 36.2 Å². The van der Waals surface area contributed by atoms with Crippen molar-refractivity contribution in [2.45, 2.75) is 25.7 Å². The Morgan fingerprint density at radius 2 is 1.96 bits per heavy atom. The fourth-order valence-corrected chi connectivity index (χ4v) is 4.27. The third-order valence-electron chi connectivity index (χ3n) is 4.69. The van der Waals surface area contributed by atoms with Crippen LogP contribution in [0.4, 0.5) is 5.69 Å². The van der Waals surface area contributed by atoms with Crippen LogP contribution >= 0.6 is 11.3 Å². The quantitative estimate of drug-likeness (QED) is 0.715. The van der Waals surface area contributed by atoms with Gasteiger partial charge in [-0.15, -0.1) is 11.3 Å². The Labute approximate surface area is 162 Å². The second-order valence-electron chi connectivity index (χ2n) is 6.67. The monoisotopic (exact) mass is 379 g/mol. The summed E-state index contributed by atoms with van der Waals surface area (Å²) < 4.78 is 1.18. The summed E-state index contributed by atoms with van der Waals surface area (Å²) in [5, 5.41) is 4.00. The highest BCUT2D eigenvalue weighted by molar-refractivity contribution is 7.18. The van der Waals surface area contributed by atoms with Gasteiger partial charge in [0.1, 0.15) is 0 Å². The van der Waals surface area contributed by atoms with E-state index in [4.69, 9.17) is 0 Å². The largest absolute Gasteiger partial charge is 0.355 e. The summed E-state index contributed by atoms with van der Waals surface area (Å²) in [6.45, 7) is 1.36. The Kier molecular flexibility index (Phi) is 5.16. The van der Waals surface area contributed by atoms with Crippen LogP contribution in [0, 0.1) is 0 Å². The molecule has 0 bridgehead atoms. The van der Waals surface area contributed by atoms with Crippen molar-refractivity contribution in [3.63, 3.8) is 0 Å². The van der Waals surface area contributed by atoms with Gasteiger partial charge in [-0.3, -0.25) is 9.59 Å². The Morgan fingerprint density at radius 3 is 2.70 bits per heavy atom. The van der Waals surface area contributed by atoms with Crippen LogP contribution in [0.1, 0.15) is 23.4 Å². The van der Waals surface area contributed by atoms with Crippen molar-refractivity contribution in [2.24, 2.45) is 0 Å². The fourth-order valence-electron chi connectivity index (χ4n) is 3.30. The molecule has 5 nitrogen and oxygen atoms in total. The minimum Gasteiger partial charge on any atom is -0.355 e. The van der Waals surface area contributed by atoms with Crippen LogP contribution in [0.15, 0.2) is 48.5 Å². The van der Waals surface area contributed by atoms with Crippen LogP contribution in [0.2, 0.25) is 0 Å². The third-order valence-corrected chi connectivity index (χ3v) is 5.78. The van der Waals surface area contributed by atoms with E-state index in [0.717, 1.165) is 41.2 Å². The van der Waals surface area contributed by atoms with Crippen LogP contribution in [0.3, 0.4) is 0 Å². The maximum Gasteiger partial charge on any atom is 0.227 e. The fraction of sp³-hybridized carbons (Fsp3) is 0.286. The van der Waals surface area contributed by atoms with Crippen molar-refractivity contribution in [3.05, 3.63) is 59.1 Å². The number of thiazole rings is 1. The molecule has 138 valence electrons. The van der Waals surface area contributed by atoms with E-state index in [0.29, 0.717) is 19.4 Å². The van der Waals surface area contributed by atoms with E-state index in [9.17, 15) is 9.59 Å². The number of aromatic nitrogens is 1. The molecule has 2 amide bonds. The SMILES string of the molecule is O=C(Cc1ccc(N2CCCC2=O)cc1)NCCc1nc2ccccc2s1. The lowest BCUT2D eigenvalue weighted by Gasteiger charge is -2.15. The Hall–Kier alpha value is -2.73. The van der Waals surface area contributed by atoms with E-state index in [1.807, 2.05) is 47.4 Å². The van der Waals surface area contributed by atoms with Gasteiger partial charge in [0.2, 0.25) is 11.8 Å². The number of amides is 2. The second kappa shape index (κ2) is 7.88. The molecule has 0 saturated carbocycles. The maximum atomic E-state index is 12.2. The van der Waals surface area contributed by atoms with Crippen LogP contribution in [0.25, 0.3) is 10.2 Å². The first kappa shape index (κ1) is 17.7. The van der Waals surface area contributed by atoms with Crippen molar-refractivity contribution in [1.29, 1.82) is 0 Å². The molecular formula is C21H21N3O2S. The van der Waals surface area contributed by atoms with Crippen molar-refractivity contribution < 1.29 is 9.59 Å². The summed E-state index contributed by atoms with van der Waals surface area (Å²) in [5.74, 6) is 0.177. The number of nitrogens with zero attached hydrogens (tertiary/aromatic N) is 2. The summed E-state index contributed by atoms with van der Waals surface area (Å²) in [5.41, 5.74) is 2.88. The van der Waals surface area contributed by atoms with Crippen molar-refractivity contribution in [3.8, 4) is 0 Å². The molecule has 3 aromatic rings. The molecule has 27 heavy (non-hydrogen) atoms. The van der Waals surface area contributed by atoms with Crippen LogP contribution in [-0.4, -0.2) is 29.9 Å². The number of hydrogen-bond donors (Lipinski definition) is 1. The number of para-hydroxylation sites is 1. The minimum absolute atomic E-state index is 0.00103. The third kappa shape index (κ3) is 4.17.